The summed E-state index contributed by atoms with van der Waals surface area (Å²) in [4.78, 5) is 10.0. The van der Waals surface area contributed by atoms with Gasteiger partial charge < -0.3 is 4.79 Å². The lowest BCUT2D eigenvalue weighted by Gasteiger charge is -2.16. The predicted octanol–water partition coefficient (Wildman–Crippen LogP) is 2.86. The molecule has 0 unspecified atom stereocenters. The van der Waals surface area contributed by atoms with Crippen molar-refractivity contribution in [3.05, 3.63) is 12.2 Å². The minimum Gasteiger partial charge on any atom is -0.303 e. The van der Waals surface area contributed by atoms with Crippen molar-refractivity contribution in [2.24, 2.45) is 0 Å². The Bertz CT molecular complexity index is 144. The van der Waals surface area contributed by atoms with E-state index >= 15 is 0 Å². The van der Waals surface area contributed by atoms with Crippen molar-refractivity contribution < 1.29 is 4.79 Å². The molecule has 0 aromatic carbocycles. The van der Waals surface area contributed by atoms with Crippen molar-refractivity contribution in [1.29, 1.82) is 0 Å². The Morgan fingerprint density at radius 1 is 1.45 bits per heavy atom. The second-order valence-electron chi connectivity index (χ2n) is 4.19. The molecular formula is C9H18OSi. The molecule has 0 aliphatic carbocycles. The van der Waals surface area contributed by atoms with Crippen molar-refractivity contribution in [3.8, 4) is 0 Å². The number of carbonyl (C=O) groups is 1. The lowest BCUT2D eigenvalue weighted by molar-refractivity contribution is -0.107. The van der Waals surface area contributed by atoms with Crippen LogP contribution in [0.4, 0.5) is 0 Å². The monoisotopic (exact) mass is 170 g/mol. The maximum atomic E-state index is 10.0. The summed E-state index contributed by atoms with van der Waals surface area (Å²) in [7, 11) is -0.986. The Morgan fingerprint density at radius 2 is 2.00 bits per heavy atom. The van der Waals surface area contributed by atoms with Crippen LogP contribution in [-0.4, -0.2) is 14.4 Å². The number of allylic oxidation sites excluding steroid dienone is 1. The van der Waals surface area contributed by atoms with Crippen molar-refractivity contribution >= 4 is 14.4 Å². The largest absolute Gasteiger partial charge is 0.303 e. The van der Waals surface area contributed by atoms with Gasteiger partial charge in [0.15, 0.2) is 0 Å². The maximum absolute atomic E-state index is 10.0. The molecule has 0 heterocycles. The summed E-state index contributed by atoms with van der Waals surface area (Å²) in [5.41, 5.74) is 1.25. The van der Waals surface area contributed by atoms with Crippen LogP contribution in [0.25, 0.3) is 0 Å². The Labute approximate surface area is 70.5 Å². The van der Waals surface area contributed by atoms with Gasteiger partial charge in [-0.05, 0) is 12.5 Å². The number of aldehydes is 1. The molecule has 64 valence electrons. The third-order valence-corrected chi connectivity index (χ3v) is 2.96. The highest BCUT2D eigenvalue weighted by Crippen LogP contribution is 2.17. The van der Waals surface area contributed by atoms with Gasteiger partial charge in [-0.1, -0.05) is 25.2 Å². The zero-order valence-corrected chi connectivity index (χ0v) is 8.81. The summed E-state index contributed by atoms with van der Waals surface area (Å²) in [6.07, 6.45) is 2.49. The topological polar surface area (TPSA) is 17.1 Å². The van der Waals surface area contributed by atoms with Crippen LogP contribution >= 0.6 is 0 Å². The SMILES string of the molecule is C=C(CCC=O)C[Si](C)(C)C. The number of hydrogen-bond donors (Lipinski definition) is 0. The first kappa shape index (κ1) is 10.6. The average Bonchev–Trinajstić information content (AvgIpc) is 1.79. The zero-order chi connectivity index (χ0) is 8.91. The van der Waals surface area contributed by atoms with Gasteiger partial charge in [0.05, 0.1) is 0 Å². The van der Waals surface area contributed by atoms with Crippen molar-refractivity contribution in [2.45, 2.75) is 38.5 Å². The van der Waals surface area contributed by atoms with E-state index in [-0.39, 0.29) is 0 Å². The molecule has 2 heteroatoms. The molecule has 0 aliphatic rings. The first-order chi connectivity index (χ1) is 4.95. The van der Waals surface area contributed by atoms with Crippen LogP contribution in [-0.2, 0) is 4.79 Å². The van der Waals surface area contributed by atoms with E-state index in [2.05, 4.69) is 26.2 Å². The van der Waals surface area contributed by atoms with E-state index in [0.29, 0.717) is 6.42 Å². The Morgan fingerprint density at radius 3 is 2.36 bits per heavy atom. The van der Waals surface area contributed by atoms with Gasteiger partial charge in [-0.25, -0.2) is 0 Å². The van der Waals surface area contributed by atoms with Gasteiger partial charge in [0.1, 0.15) is 6.29 Å². The minimum atomic E-state index is -0.986. The van der Waals surface area contributed by atoms with Crippen molar-refractivity contribution in [2.75, 3.05) is 0 Å². The lowest BCUT2D eigenvalue weighted by Crippen LogP contribution is -2.19. The molecule has 11 heavy (non-hydrogen) atoms. The van der Waals surface area contributed by atoms with Gasteiger partial charge in [0, 0.05) is 14.5 Å². The van der Waals surface area contributed by atoms with Crippen LogP contribution in [0.3, 0.4) is 0 Å². The Balaban J connectivity index is 3.61. The van der Waals surface area contributed by atoms with Gasteiger partial charge in [0.2, 0.25) is 0 Å². The fourth-order valence-corrected chi connectivity index (χ4v) is 2.78. The summed E-state index contributed by atoms with van der Waals surface area (Å²) in [6, 6.07) is 1.15. The highest BCUT2D eigenvalue weighted by molar-refractivity contribution is 6.76. The molecule has 0 N–H and O–H groups in total. The minimum absolute atomic E-state index is 0.642. The molecule has 0 aromatic heterocycles. The fourth-order valence-electron chi connectivity index (χ4n) is 1.10. The Hall–Kier alpha value is -0.373. The van der Waals surface area contributed by atoms with Gasteiger partial charge in [0.25, 0.3) is 0 Å². The van der Waals surface area contributed by atoms with E-state index in [1.807, 2.05) is 0 Å². The van der Waals surface area contributed by atoms with Gasteiger partial charge in [-0.2, -0.15) is 0 Å². The van der Waals surface area contributed by atoms with E-state index in [4.69, 9.17) is 0 Å². The smallest absolute Gasteiger partial charge is 0.120 e. The van der Waals surface area contributed by atoms with Crippen LogP contribution in [0, 0.1) is 0 Å². The summed E-state index contributed by atoms with van der Waals surface area (Å²) in [5.74, 6) is 0. The summed E-state index contributed by atoms with van der Waals surface area (Å²) in [5, 5.41) is 0. The van der Waals surface area contributed by atoms with Crippen LogP contribution in [0.2, 0.25) is 25.7 Å². The first-order valence-corrected chi connectivity index (χ1v) is 7.77. The van der Waals surface area contributed by atoms with E-state index in [1.54, 1.807) is 0 Å². The highest BCUT2D eigenvalue weighted by atomic mass is 28.3. The molecule has 0 bridgehead atoms. The van der Waals surface area contributed by atoms with E-state index in [0.717, 1.165) is 18.8 Å². The number of hydrogen-bond acceptors (Lipinski definition) is 1. The van der Waals surface area contributed by atoms with Crippen LogP contribution in [0.1, 0.15) is 12.8 Å². The molecule has 0 rings (SSSR count). The average molecular weight is 170 g/mol. The molecule has 0 amide bonds. The number of carbonyl (C=O) groups excluding carboxylic acids is 1. The normalized spacial score (nSPS) is 11.2. The lowest BCUT2D eigenvalue weighted by atomic mass is 10.2. The molecule has 0 saturated heterocycles. The third kappa shape index (κ3) is 7.52. The maximum Gasteiger partial charge on any atom is 0.120 e. The fraction of sp³-hybridized carbons (Fsp3) is 0.667. The molecule has 0 spiro atoms. The Kier molecular flexibility index (Phi) is 4.34. The van der Waals surface area contributed by atoms with Crippen molar-refractivity contribution in [3.63, 3.8) is 0 Å². The molecule has 1 nitrogen and oxygen atoms in total. The van der Waals surface area contributed by atoms with Crippen LogP contribution in [0.15, 0.2) is 12.2 Å². The summed E-state index contributed by atoms with van der Waals surface area (Å²) >= 11 is 0. The van der Waals surface area contributed by atoms with Crippen LogP contribution in [0.5, 0.6) is 0 Å². The molecule has 0 aliphatic heterocycles. The van der Waals surface area contributed by atoms with Crippen molar-refractivity contribution in [1.82, 2.24) is 0 Å². The number of rotatable bonds is 5. The molecular weight excluding hydrogens is 152 g/mol. The molecule has 0 atom stereocenters. The first-order valence-electron chi connectivity index (χ1n) is 4.06. The molecule has 0 radical (unpaired) electrons. The van der Waals surface area contributed by atoms with Gasteiger partial charge >= 0.3 is 0 Å². The molecule has 0 saturated carbocycles. The van der Waals surface area contributed by atoms with E-state index in [9.17, 15) is 4.79 Å². The third-order valence-electron chi connectivity index (χ3n) is 1.40. The quantitative estimate of drug-likeness (QED) is 0.352. The molecule has 0 fully saturated rings. The zero-order valence-electron chi connectivity index (χ0n) is 7.81. The predicted molar refractivity (Wildman–Crippen MR) is 52.6 cm³/mol. The van der Waals surface area contributed by atoms with E-state index in [1.165, 1.54) is 5.57 Å². The van der Waals surface area contributed by atoms with E-state index < -0.39 is 8.07 Å². The van der Waals surface area contributed by atoms with Gasteiger partial charge in [-0.3, -0.25) is 0 Å². The standard InChI is InChI=1S/C9H18OSi/c1-9(6-5-7-10)8-11(2,3)4/h7H,1,5-6,8H2,2-4H3. The van der Waals surface area contributed by atoms with Crippen LogP contribution < -0.4 is 0 Å². The highest BCUT2D eigenvalue weighted by Gasteiger charge is 2.13. The molecule has 0 aromatic rings. The van der Waals surface area contributed by atoms with Gasteiger partial charge in [-0.15, -0.1) is 6.58 Å². The second kappa shape index (κ2) is 4.49. The summed E-state index contributed by atoms with van der Waals surface area (Å²) < 4.78 is 0. The second-order valence-corrected chi connectivity index (χ2v) is 9.67. The summed E-state index contributed by atoms with van der Waals surface area (Å²) in [6.45, 7) is 10.9.